The van der Waals surface area contributed by atoms with Crippen LogP contribution in [0.5, 0.6) is 0 Å². The van der Waals surface area contributed by atoms with E-state index >= 15 is 0 Å². The van der Waals surface area contributed by atoms with Gasteiger partial charge in [-0.3, -0.25) is 10.5 Å². The van der Waals surface area contributed by atoms with Crippen LogP contribution in [-0.2, 0) is 4.74 Å². The summed E-state index contributed by atoms with van der Waals surface area (Å²) < 4.78 is 17.4. The Morgan fingerprint density at radius 1 is 1.35 bits per heavy atom. The number of halogens is 1. The topological polar surface area (TPSA) is 40.4 Å². The fourth-order valence-corrected chi connectivity index (χ4v) is 0.857. The van der Waals surface area contributed by atoms with E-state index in [1.54, 1.807) is 20.8 Å². The molecule has 17 heavy (non-hydrogen) atoms. The Morgan fingerprint density at radius 2 is 1.94 bits per heavy atom. The van der Waals surface area contributed by atoms with Gasteiger partial charge in [0, 0.05) is 5.82 Å². The molecule has 1 aromatic rings. The van der Waals surface area contributed by atoms with Gasteiger partial charge in [-0.05, 0) is 20.8 Å². The van der Waals surface area contributed by atoms with Crippen molar-refractivity contribution in [1.82, 2.24) is 0 Å². The van der Waals surface area contributed by atoms with E-state index in [-0.39, 0.29) is 103 Å². The van der Waals surface area contributed by atoms with E-state index in [9.17, 15) is 9.18 Å². The summed E-state index contributed by atoms with van der Waals surface area (Å²) in [5.74, 6) is -0.488. The summed E-state index contributed by atoms with van der Waals surface area (Å²) in [6, 6.07) is 6.16. The van der Waals surface area contributed by atoms with E-state index in [4.69, 9.17) is 4.74 Å². The van der Waals surface area contributed by atoms with Gasteiger partial charge >= 0.3 is 103 Å². The molecule has 0 aliphatic heterocycles. The first kappa shape index (κ1) is 21.0. The minimum atomic E-state index is -0.692. The Labute approximate surface area is 186 Å². The van der Waals surface area contributed by atoms with Gasteiger partial charge in [0.05, 0.1) is 0 Å². The third-order valence-corrected chi connectivity index (χ3v) is 1.37. The average molecular weight is 287 g/mol. The number of carbonyl (C=O) groups is 1. The zero-order valence-electron chi connectivity index (χ0n) is 10.9. The van der Waals surface area contributed by atoms with Gasteiger partial charge in [0.1, 0.15) is 5.60 Å². The number of amides is 1. The van der Waals surface area contributed by atoms with Crippen molar-refractivity contribution in [3.8, 4) is 0 Å². The van der Waals surface area contributed by atoms with Gasteiger partial charge in [-0.25, -0.2) is 4.39 Å². The second-order valence-electron chi connectivity index (χ2n) is 3.99. The second kappa shape index (κ2) is 9.57. The third kappa shape index (κ3) is 10.2. The van der Waals surface area contributed by atoms with Crippen molar-refractivity contribution in [3.63, 3.8) is 0 Å². The molecule has 0 bridgehead atoms. The molecule has 0 aliphatic rings. The second-order valence-corrected chi connectivity index (χ2v) is 3.99. The van der Waals surface area contributed by atoms with Crippen LogP contribution in [-0.4, -0.2) is 11.7 Å². The molecule has 3 nitrogen and oxygen atoms in total. The smallest absolute Gasteiger partial charge is 0.649 e. The van der Waals surface area contributed by atoms with E-state index in [1.807, 2.05) is 0 Å². The zero-order valence-corrected chi connectivity index (χ0v) is 17.1. The van der Waals surface area contributed by atoms with Crippen molar-refractivity contribution in [2.75, 3.05) is 0 Å². The van der Waals surface area contributed by atoms with Crippen LogP contribution in [0.3, 0.4) is 0 Å². The van der Waals surface area contributed by atoms with E-state index in [0.717, 1.165) is 0 Å². The molecule has 0 radical (unpaired) electrons. The molecule has 1 aromatic carbocycles. The standard InChI is InChI=1S/C11H13FNO2.2K/c1-11(2,3)15-10(14)13-9-6-4-8(12)5-7-9;;/h4,6-7H,1-3H3,(H,13,14);;/q-1;2*+1/p-1. The third-order valence-electron chi connectivity index (χ3n) is 1.37. The molecule has 0 aliphatic carbocycles. The number of hydrogen-bond acceptors (Lipinski definition) is 2. The molecule has 0 spiro atoms. The molecule has 82 valence electrons. The van der Waals surface area contributed by atoms with Gasteiger partial charge < -0.3 is 10.1 Å². The molecule has 1 rings (SSSR count). The summed E-state index contributed by atoms with van der Waals surface area (Å²) >= 11 is 0. The Morgan fingerprint density at radius 3 is 2.35 bits per heavy atom. The van der Waals surface area contributed by atoms with Crippen molar-refractivity contribution >= 4 is 11.8 Å². The normalized spacial score (nSPS) is 9.65. The molecule has 0 unspecified atom stereocenters. The van der Waals surface area contributed by atoms with Gasteiger partial charge in [0.25, 0.3) is 0 Å². The van der Waals surface area contributed by atoms with Gasteiger partial charge in [-0.1, -0.05) is 0 Å². The number of hydrogen-bond donors (Lipinski definition) is 0. The van der Waals surface area contributed by atoms with Crippen molar-refractivity contribution in [2.45, 2.75) is 26.4 Å². The molecule has 0 heterocycles. The summed E-state index contributed by atoms with van der Waals surface area (Å²) in [5.41, 5.74) is -0.254. The van der Waals surface area contributed by atoms with Crippen LogP contribution in [0.15, 0.2) is 18.2 Å². The SMILES string of the molecule is CC(C)(C)OC(=O)[N-]c1c[c-]c(F)cc1.[K+].[K+]. The monoisotopic (exact) mass is 287 g/mol. The van der Waals surface area contributed by atoms with E-state index in [0.29, 0.717) is 5.69 Å². The molecule has 0 saturated carbocycles. The Hall–Kier alpha value is 1.69. The maximum atomic E-state index is 12.5. The van der Waals surface area contributed by atoms with Crippen molar-refractivity contribution in [3.05, 3.63) is 35.4 Å². The van der Waals surface area contributed by atoms with Crippen LogP contribution >= 0.6 is 0 Å². The maximum Gasteiger partial charge on any atom is 1.00 e. The Balaban J connectivity index is 0. The van der Waals surface area contributed by atoms with Crippen molar-refractivity contribution < 1.29 is 117 Å². The van der Waals surface area contributed by atoms with Crippen LogP contribution in [0.25, 0.3) is 5.32 Å². The molecule has 1 amide bonds. The molecule has 0 atom stereocenters. The molecule has 0 fully saturated rings. The van der Waals surface area contributed by atoms with Gasteiger partial charge in [-0.15, -0.1) is 12.1 Å². The Kier molecular flexibility index (Phi) is 11.8. The zero-order chi connectivity index (χ0) is 11.5. The predicted octanol–water partition coefficient (Wildman–Crippen LogP) is -2.43. The van der Waals surface area contributed by atoms with Gasteiger partial charge in [0.15, 0.2) is 0 Å². The fourth-order valence-electron chi connectivity index (χ4n) is 0.857. The quantitative estimate of drug-likeness (QED) is 0.426. The molecule has 0 N–H and O–H groups in total. The first-order valence-electron chi connectivity index (χ1n) is 4.49. The van der Waals surface area contributed by atoms with E-state index in [1.165, 1.54) is 18.2 Å². The number of rotatable bonds is 1. The number of benzene rings is 1. The van der Waals surface area contributed by atoms with Crippen LogP contribution in [0.2, 0.25) is 0 Å². The van der Waals surface area contributed by atoms with Crippen LogP contribution < -0.4 is 103 Å². The summed E-state index contributed by atoms with van der Waals surface area (Å²) in [5, 5.41) is 3.63. The predicted molar refractivity (Wildman–Crippen MR) is 54.5 cm³/mol. The van der Waals surface area contributed by atoms with Crippen LogP contribution in [0, 0.1) is 11.9 Å². The minimum absolute atomic E-state index is 0. The number of nitrogens with zero attached hydrogens (tertiary/aromatic N) is 1. The van der Waals surface area contributed by atoms with Crippen LogP contribution in [0.4, 0.5) is 14.9 Å². The van der Waals surface area contributed by atoms with Gasteiger partial charge in [-0.2, -0.15) is 12.1 Å². The number of ether oxygens (including phenoxy) is 1. The molecule has 0 saturated heterocycles. The summed E-state index contributed by atoms with van der Waals surface area (Å²) in [7, 11) is 0. The first-order chi connectivity index (χ1) is 6.87. The first-order valence-corrected chi connectivity index (χ1v) is 4.49. The Bertz CT molecular complexity index is 349. The van der Waals surface area contributed by atoms with Crippen molar-refractivity contribution in [1.29, 1.82) is 0 Å². The molecular weight excluding hydrogens is 275 g/mol. The summed E-state index contributed by atoms with van der Waals surface area (Å²) in [6.07, 6.45) is -0.692. The molecule has 6 heteroatoms. The largest absolute Gasteiger partial charge is 1.00 e. The fraction of sp³-hybridized carbons (Fsp3) is 0.364. The van der Waals surface area contributed by atoms with Crippen LogP contribution in [0.1, 0.15) is 20.8 Å². The summed E-state index contributed by atoms with van der Waals surface area (Å²) in [4.78, 5) is 11.2. The minimum Gasteiger partial charge on any atom is -0.649 e. The number of carbonyl (C=O) groups excluding carboxylic acids is 1. The van der Waals surface area contributed by atoms with E-state index < -0.39 is 17.5 Å². The van der Waals surface area contributed by atoms with Crippen molar-refractivity contribution in [2.24, 2.45) is 0 Å². The maximum absolute atomic E-state index is 12.5. The molecular formula is C11H12FK2NO2. The molecule has 0 aromatic heterocycles. The average Bonchev–Trinajstić information content (AvgIpc) is 2.05. The summed E-state index contributed by atoms with van der Waals surface area (Å²) in [6.45, 7) is 5.24. The van der Waals surface area contributed by atoms with Gasteiger partial charge in [0.2, 0.25) is 6.09 Å². The van der Waals surface area contributed by atoms with E-state index in [2.05, 4.69) is 11.4 Å².